The van der Waals surface area contributed by atoms with Gasteiger partial charge in [-0.2, -0.15) is 4.98 Å². The monoisotopic (exact) mass is 519 g/mol. The van der Waals surface area contributed by atoms with E-state index in [1.807, 2.05) is 24.3 Å². The van der Waals surface area contributed by atoms with Crippen LogP contribution in [0.15, 0.2) is 54.6 Å². The predicted molar refractivity (Wildman–Crippen MR) is 137 cm³/mol. The number of fused-ring (bicyclic) bond motifs is 2. The van der Waals surface area contributed by atoms with Gasteiger partial charge in [-0.05, 0) is 28.7 Å². The van der Waals surface area contributed by atoms with Gasteiger partial charge in [0.2, 0.25) is 0 Å². The van der Waals surface area contributed by atoms with Crippen molar-refractivity contribution in [3.63, 3.8) is 0 Å². The molecule has 3 fully saturated rings. The van der Waals surface area contributed by atoms with E-state index in [1.165, 1.54) is 6.07 Å². The highest BCUT2D eigenvalue weighted by molar-refractivity contribution is 5.84. The Bertz CT molecular complexity index is 1450. The van der Waals surface area contributed by atoms with Crippen LogP contribution in [0, 0.1) is 11.6 Å². The van der Waals surface area contributed by atoms with Crippen LogP contribution in [0.3, 0.4) is 0 Å². The number of imidazole rings is 1. The fraction of sp³-hybridized carbons (Fsp3) is 0.345. The average molecular weight is 520 g/mol. The van der Waals surface area contributed by atoms with Crippen molar-refractivity contribution < 1.29 is 27.7 Å². The lowest BCUT2D eigenvalue weighted by atomic mass is 9.98. The van der Waals surface area contributed by atoms with E-state index in [0.717, 1.165) is 36.2 Å². The Labute approximate surface area is 218 Å². The quantitative estimate of drug-likeness (QED) is 0.396. The number of benzene rings is 3. The lowest BCUT2D eigenvalue weighted by Crippen LogP contribution is -2.33. The van der Waals surface area contributed by atoms with Gasteiger partial charge in [-0.1, -0.05) is 48.5 Å². The minimum absolute atomic E-state index is 0.00859. The number of ether oxygens (including phenoxy) is 4. The maximum atomic E-state index is 15.6. The van der Waals surface area contributed by atoms with Gasteiger partial charge in [0.25, 0.3) is 6.01 Å². The first-order valence-corrected chi connectivity index (χ1v) is 12.9. The van der Waals surface area contributed by atoms with Gasteiger partial charge in [0.05, 0.1) is 36.5 Å². The summed E-state index contributed by atoms with van der Waals surface area (Å²) < 4.78 is 53.8. The molecule has 4 aromatic rings. The van der Waals surface area contributed by atoms with Gasteiger partial charge in [-0.25, -0.2) is 8.78 Å². The number of nitrogens with one attached hydrogen (secondary N) is 2. The molecule has 0 bridgehead atoms. The highest BCUT2D eigenvalue weighted by atomic mass is 19.1. The summed E-state index contributed by atoms with van der Waals surface area (Å²) in [6.07, 6.45) is 0.366. The van der Waals surface area contributed by atoms with Crippen molar-refractivity contribution >= 4 is 11.0 Å². The van der Waals surface area contributed by atoms with E-state index in [-0.39, 0.29) is 47.0 Å². The van der Waals surface area contributed by atoms with Crippen LogP contribution >= 0.6 is 0 Å². The lowest BCUT2D eigenvalue weighted by Gasteiger charge is -2.24. The van der Waals surface area contributed by atoms with Crippen molar-refractivity contribution in [2.45, 2.75) is 30.8 Å². The predicted octanol–water partition coefficient (Wildman–Crippen LogP) is 4.77. The third-order valence-corrected chi connectivity index (χ3v) is 7.55. The molecule has 1 aromatic heterocycles. The van der Waals surface area contributed by atoms with Gasteiger partial charge in [0.1, 0.15) is 17.4 Å². The minimum Gasteiger partial charge on any atom is -0.456 e. The maximum absolute atomic E-state index is 15.6. The van der Waals surface area contributed by atoms with Gasteiger partial charge in [0.15, 0.2) is 11.9 Å². The highest BCUT2D eigenvalue weighted by Gasteiger charge is 2.43. The number of morpholine rings is 1. The second-order valence-electron chi connectivity index (χ2n) is 9.90. The molecule has 0 spiro atoms. The molecule has 9 heteroatoms. The van der Waals surface area contributed by atoms with Crippen molar-refractivity contribution in [3.8, 4) is 28.3 Å². The molecule has 7 nitrogen and oxygen atoms in total. The standard InChI is InChI=1S/C29H27F2N3O4/c30-20-13-21-27(34-29(33-21)38-24-15-37-22-9-11-36-28(22)24)26(31)25(20)19-7-3-17(4-8-19)16-1-5-18(6-2-16)23-14-32-10-12-35-23/h1-8,13,22-24,28,32H,9-12,14-15H2,(H,33,34)/t22-,23?,24?,28+/m1/s1. The first-order valence-electron chi connectivity index (χ1n) is 12.9. The third kappa shape index (κ3) is 4.25. The Balaban J connectivity index is 1.12. The number of aromatic nitrogens is 2. The fourth-order valence-corrected chi connectivity index (χ4v) is 5.55. The van der Waals surface area contributed by atoms with E-state index in [4.69, 9.17) is 18.9 Å². The maximum Gasteiger partial charge on any atom is 0.295 e. The number of hydrogen-bond donors (Lipinski definition) is 2. The van der Waals surface area contributed by atoms with E-state index >= 15 is 8.78 Å². The second-order valence-corrected chi connectivity index (χ2v) is 9.90. The van der Waals surface area contributed by atoms with E-state index < -0.39 is 11.6 Å². The molecule has 0 amide bonds. The number of hydrogen-bond acceptors (Lipinski definition) is 6. The molecule has 4 heterocycles. The number of nitrogens with zero attached hydrogens (tertiary/aromatic N) is 1. The minimum atomic E-state index is -0.734. The molecule has 3 saturated heterocycles. The van der Waals surface area contributed by atoms with Crippen molar-refractivity contribution in [3.05, 3.63) is 71.8 Å². The summed E-state index contributed by atoms with van der Waals surface area (Å²) in [4.78, 5) is 7.17. The molecule has 0 radical (unpaired) electrons. The zero-order valence-electron chi connectivity index (χ0n) is 20.6. The molecule has 196 valence electrons. The van der Waals surface area contributed by atoms with Crippen LogP contribution in [-0.2, 0) is 14.2 Å². The number of rotatable bonds is 5. The van der Waals surface area contributed by atoms with Crippen LogP contribution in [0.2, 0.25) is 0 Å². The van der Waals surface area contributed by atoms with Gasteiger partial charge < -0.3 is 29.2 Å². The summed E-state index contributed by atoms with van der Waals surface area (Å²) in [6.45, 7) is 3.36. The van der Waals surface area contributed by atoms with Crippen LogP contribution in [-0.4, -0.2) is 61.2 Å². The molecule has 4 atom stereocenters. The smallest absolute Gasteiger partial charge is 0.295 e. The Hall–Kier alpha value is -3.37. The summed E-state index contributed by atoms with van der Waals surface area (Å²) in [5, 5.41) is 3.34. The molecule has 3 aliphatic rings. The van der Waals surface area contributed by atoms with Gasteiger partial charge >= 0.3 is 0 Å². The molecule has 2 N–H and O–H groups in total. The van der Waals surface area contributed by atoms with Crippen molar-refractivity contribution in [1.29, 1.82) is 0 Å². The molecule has 2 unspecified atom stereocenters. The number of H-pyrrole nitrogens is 1. The summed E-state index contributed by atoms with van der Waals surface area (Å²) in [7, 11) is 0. The molecule has 38 heavy (non-hydrogen) atoms. The third-order valence-electron chi connectivity index (χ3n) is 7.55. The molecule has 0 saturated carbocycles. The fourth-order valence-electron chi connectivity index (χ4n) is 5.55. The molecular weight excluding hydrogens is 492 g/mol. The Kier molecular flexibility index (Phi) is 6.08. The van der Waals surface area contributed by atoms with Crippen LogP contribution < -0.4 is 10.1 Å². The first-order chi connectivity index (χ1) is 18.6. The zero-order chi connectivity index (χ0) is 25.6. The lowest BCUT2D eigenvalue weighted by molar-refractivity contribution is 0.0273. The normalized spacial score (nSPS) is 25.1. The van der Waals surface area contributed by atoms with E-state index in [0.29, 0.717) is 25.4 Å². The van der Waals surface area contributed by atoms with Crippen molar-refractivity contribution in [2.24, 2.45) is 0 Å². The van der Waals surface area contributed by atoms with Crippen LogP contribution in [0.4, 0.5) is 8.78 Å². The van der Waals surface area contributed by atoms with Crippen LogP contribution in [0.25, 0.3) is 33.3 Å². The van der Waals surface area contributed by atoms with Gasteiger partial charge in [0, 0.05) is 25.8 Å². The summed E-state index contributed by atoms with van der Waals surface area (Å²) in [5.41, 5.74) is 3.65. The summed E-state index contributed by atoms with van der Waals surface area (Å²) >= 11 is 0. The van der Waals surface area contributed by atoms with Gasteiger partial charge in [-0.15, -0.1) is 0 Å². The molecule has 3 aliphatic heterocycles. The van der Waals surface area contributed by atoms with E-state index in [1.54, 1.807) is 12.1 Å². The molecule has 7 rings (SSSR count). The zero-order valence-corrected chi connectivity index (χ0v) is 20.6. The van der Waals surface area contributed by atoms with E-state index in [9.17, 15) is 0 Å². The van der Waals surface area contributed by atoms with Gasteiger partial charge in [-0.3, -0.25) is 0 Å². The number of aromatic amines is 1. The summed E-state index contributed by atoms with van der Waals surface area (Å²) in [5.74, 6) is -1.41. The Morgan fingerprint density at radius 1 is 0.895 bits per heavy atom. The van der Waals surface area contributed by atoms with E-state index in [2.05, 4.69) is 27.4 Å². The molecular formula is C29H27F2N3O4. The van der Waals surface area contributed by atoms with Crippen molar-refractivity contribution in [2.75, 3.05) is 32.9 Å². The first kappa shape index (κ1) is 23.7. The van der Waals surface area contributed by atoms with Crippen LogP contribution in [0.5, 0.6) is 6.01 Å². The Morgan fingerprint density at radius 2 is 1.66 bits per heavy atom. The molecule has 0 aliphatic carbocycles. The number of halogens is 2. The highest BCUT2D eigenvalue weighted by Crippen LogP contribution is 2.35. The Morgan fingerprint density at radius 3 is 2.42 bits per heavy atom. The SMILES string of the molecule is Fc1cc2[nH]c(OC3CO[C@@H]4CCO[C@H]34)nc2c(F)c1-c1ccc(-c2ccc(C3CNCCO3)cc2)cc1. The average Bonchev–Trinajstić information content (AvgIpc) is 3.67. The molecule has 3 aromatic carbocycles. The second kappa shape index (κ2) is 9.74. The largest absolute Gasteiger partial charge is 0.456 e. The van der Waals surface area contributed by atoms with Crippen molar-refractivity contribution in [1.82, 2.24) is 15.3 Å². The summed E-state index contributed by atoms with van der Waals surface area (Å²) in [6, 6.07) is 16.7. The topological polar surface area (TPSA) is 77.6 Å². The van der Waals surface area contributed by atoms with Crippen LogP contribution in [0.1, 0.15) is 18.1 Å².